The molecule has 0 radical (unpaired) electrons. The smallest absolute Gasteiger partial charge is 0.304 e. The summed E-state index contributed by atoms with van der Waals surface area (Å²) in [5, 5.41) is 11.2. The number of likely N-dealkylation sites (tertiary alicyclic amines) is 1. The number of carboxylic acids is 1. The van der Waals surface area contributed by atoms with Gasteiger partial charge in [-0.2, -0.15) is 0 Å². The molecule has 1 saturated heterocycles. The zero-order chi connectivity index (χ0) is 11.3. The first-order chi connectivity index (χ1) is 7.13. The van der Waals surface area contributed by atoms with Crippen LogP contribution in [0.25, 0.3) is 0 Å². The Morgan fingerprint density at radius 2 is 2.27 bits per heavy atom. The Hall–Kier alpha value is -1.10. The highest BCUT2D eigenvalue weighted by atomic mass is 16.4. The van der Waals surface area contributed by atoms with Crippen molar-refractivity contribution in [2.45, 2.75) is 19.3 Å². The number of hydrogen-bond acceptors (Lipinski definition) is 3. The van der Waals surface area contributed by atoms with Gasteiger partial charge in [-0.05, 0) is 19.4 Å². The zero-order valence-electron chi connectivity index (χ0n) is 9.03. The Morgan fingerprint density at radius 3 is 2.87 bits per heavy atom. The minimum Gasteiger partial charge on any atom is -0.481 e. The first kappa shape index (κ1) is 12.0. The number of carboxylic acid groups (broad SMARTS) is 1. The molecule has 1 aliphatic heterocycles. The van der Waals surface area contributed by atoms with Gasteiger partial charge in [0.15, 0.2) is 0 Å². The van der Waals surface area contributed by atoms with Crippen molar-refractivity contribution in [1.82, 2.24) is 10.2 Å². The molecule has 0 spiro atoms. The van der Waals surface area contributed by atoms with Gasteiger partial charge in [-0.15, -0.1) is 0 Å². The predicted octanol–water partition coefficient (Wildman–Crippen LogP) is -0.0809. The van der Waals surface area contributed by atoms with Crippen molar-refractivity contribution in [2.24, 2.45) is 5.92 Å². The molecule has 0 aromatic carbocycles. The first-order valence-electron chi connectivity index (χ1n) is 5.29. The van der Waals surface area contributed by atoms with E-state index in [1.54, 1.807) is 7.05 Å². The van der Waals surface area contributed by atoms with Crippen molar-refractivity contribution < 1.29 is 14.7 Å². The maximum Gasteiger partial charge on any atom is 0.304 e. The third-order valence-corrected chi connectivity index (χ3v) is 2.76. The minimum absolute atomic E-state index is 0.0255. The van der Waals surface area contributed by atoms with Gasteiger partial charge < -0.3 is 15.3 Å². The van der Waals surface area contributed by atoms with Crippen LogP contribution in [0.5, 0.6) is 0 Å². The Labute approximate surface area is 89.4 Å². The molecule has 5 nitrogen and oxygen atoms in total. The van der Waals surface area contributed by atoms with E-state index in [1.807, 2.05) is 0 Å². The molecule has 86 valence electrons. The molecule has 1 aliphatic rings. The largest absolute Gasteiger partial charge is 0.481 e. The predicted molar refractivity (Wildman–Crippen MR) is 55.5 cm³/mol. The summed E-state index contributed by atoms with van der Waals surface area (Å²) in [5.41, 5.74) is 0. The molecule has 0 saturated carbocycles. The molecule has 15 heavy (non-hydrogen) atoms. The summed E-state index contributed by atoms with van der Waals surface area (Å²) in [4.78, 5) is 23.9. The molecule has 1 atom stereocenters. The van der Waals surface area contributed by atoms with E-state index >= 15 is 0 Å². The van der Waals surface area contributed by atoms with Gasteiger partial charge >= 0.3 is 5.97 Å². The maximum atomic E-state index is 11.4. The molecular weight excluding hydrogens is 196 g/mol. The van der Waals surface area contributed by atoms with Crippen molar-refractivity contribution in [3.05, 3.63) is 0 Å². The summed E-state index contributed by atoms with van der Waals surface area (Å²) in [6.45, 7) is 2.14. The average molecular weight is 214 g/mol. The average Bonchev–Trinajstić information content (AvgIpc) is 2.25. The number of carbonyl (C=O) groups is 2. The summed E-state index contributed by atoms with van der Waals surface area (Å²) in [5.74, 6) is -0.690. The SMILES string of the molecule is CNC(=O)C1CCCN(CCC(=O)O)C1. The van der Waals surface area contributed by atoms with E-state index in [4.69, 9.17) is 5.11 Å². The van der Waals surface area contributed by atoms with E-state index in [2.05, 4.69) is 10.2 Å². The van der Waals surface area contributed by atoms with E-state index in [0.29, 0.717) is 13.1 Å². The fourth-order valence-corrected chi connectivity index (χ4v) is 1.93. The number of nitrogens with one attached hydrogen (secondary N) is 1. The van der Waals surface area contributed by atoms with Gasteiger partial charge in [0.05, 0.1) is 12.3 Å². The lowest BCUT2D eigenvalue weighted by molar-refractivity contribution is -0.137. The summed E-state index contributed by atoms with van der Waals surface area (Å²) < 4.78 is 0. The molecule has 0 bridgehead atoms. The zero-order valence-corrected chi connectivity index (χ0v) is 9.03. The highest BCUT2D eigenvalue weighted by Gasteiger charge is 2.24. The second-order valence-corrected chi connectivity index (χ2v) is 3.90. The molecule has 2 N–H and O–H groups in total. The van der Waals surface area contributed by atoms with Crippen LogP contribution in [-0.4, -0.2) is 48.6 Å². The molecule has 1 fully saturated rings. The Kier molecular flexibility index (Phi) is 4.55. The van der Waals surface area contributed by atoms with E-state index in [-0.39, 0.29) is 18.2 Å². The van der Waals surface area contributed by atoms with Crippen LogP contribution in [0.15, 0.2) is 0 Å². The van der Waals surface area contributed by atoms with Crippen LogP contribution in [0.3, 0.4) is 0 Å². The van der Waals surface area contributed by atoms with Crippen LogP contribution in [0.4, 0.5) is 0 Å². The van der Waals surface area contributed by atoms with Crippen LogP contribution in [0.1, 0.15) is 19.3 Å². The lowest BCUT2D eigenvalue weighted by Crippen LogP contribution is -2.42. The van der Waals surface area contributed by atoms with Crippen molar-refractivity contribution in [1.29, 1.82) is 0 Å². The number of piperidine rings is 1. The monoisotopic (exact) mass is 214 g/mol. The van der Waals surface area contributed by atoms with Gasteiger partial charge in [-0.25, -0.2) is 0 Å². The van der Waals surface area contributed by atoms with Crippen molar-refractivity contribution in [3.63, 3.8) is 0 Å². The molecule has 0 aromatic rings. The van der Waals surface area contributed by atoms with Gasteiger partial charge in [-0.1, -0.05) is 0 Å². The Morgan fingerprint density at radius 1 is 1.53 bits per heavy atom. The van der Waals surface area contributed by atoms with Gasteiger partial charge in [-0.3, -0.25) is 9.59 Å². The van der Waals surface area contributed by atoms with Crippen LogP contribution >= 0.6 is 0 Å². The maximum absolute atomic E-state index is 11.4. The highest BCUT2D eigenvalue weighted by Crippen LogP contribution is 2.16. The van der Waals surface area contributed by atoms with Crippen LogP contribution in [0.2, 0.25) is 0 Å². The van der Waals surface area contributed by atoms with E-state index in [0.717, 1.165) is 19.4 Å². The summed E-state index contributed by atoms with van der Waals surface area (Å²) in [7, 11) is 1.64. The molecule has 0 aromatic heterocycles. The van der Waals surface area contributed by atoms with Crippen molar-refractivity contribution >= 4 is 11.9 Å². The first-order valence-corrected chi connectivity index (χ1v) is 5.29. The molecule has 1 unspecified atom stereocenters. The van der Waals surface area contributed by atoms with Gasteiger partial charge in [0.2, 0.25) is 5.91 Å². The van der Waals surface area contributed by atoms with Crippen LogP contribution < -0.4 is 5.32 Å². The van der Waals surface area contributed by atoms with Crippen molar-refractivity contribution in [3.8, 4) is 0 Å². The van der Waals surface area contributed by atoms with Gasteiger partial charge in [0.25, 0.3) is 0 Å². The molecular formula is C10H18N2O3. The Bertz CT molecular complexity index is 243. The number of hydrogen-bond donors (Lipinski definition) is 2. The van der Waals surface area contributed by atoms with E-state index < -0.39 is 5.97 Å². The molecule has 5 heteroatoms. The fraction of sp³-hybridized carbons (Fsp3) is 0.800. The molecule has 0 aliphatic carbocycles. The number of carbonyl (C=O) groups excluding carboxylic acids is 1. The fourth-order valence-electron chi connectivity index (χ4n) is 1.93. The standard InChI is InChI=1S/C10H18N2O3/c1-11-10(15)8-3-2-5-12(7-8)6-4-9(13)14/h8H,2-7H2,1H3,(H,11,15)(H,13,14). The van der Waals surface area contributed by atoms with Crippen molar-refractivity contribution in [2.75, 3.05) is 26.7 Å². The number of aliphatic carboxylic acids is 1. The van der Waals surface area contributed by atoms with Gasteiger partial charge in [0, 0.05) is 20.1 Å². The number of amides is 1. The second-order valence-electron chi connectivity index (χ2n) is 3.90. The molecule has 1 amide bonds. The van der Waals surface area contributed by atoms with E-state index in [9.17, 15) is 9.59 Å². The number of nitrogens with zero attached hydrogens (tertiary/aromatic N) is 1. The quantitative estimate of drug-likeness (QED) is 0.686. The second kappa shape index (κ2) is 5.70. The van der Waals surface area contributed by atoms with Crippen LogP contribution in [0, 0.1) is 5.92 Å². The molecule has 1 rings (SSSR count). The minimum atomic E-state index is -0.780. The Balaban J connectivity index is 2.35. The number of rotatable bonds is 4. The summed E-state index contributed by atoms with van der Waals surface area (Å²) >= 11 is 0. The third-order valence-electron chi connectivity index (χ3n) is 2.76. The van der Waals surface area contributed by atoms with Crippen LogP contribution in [-0.2, 0) is 9.59 Å². The van der Waals surface area contributed by atoms with Gasteiger partial charge in [0.1, 0.15) is 0 Å². The lowest BCUT2D eigenvalue weighted by Gasteiger charge is -2.31. The summed E-state index contributed by atoms with van der Waals surface area (Å²) in [6, 6.07) is 0. The summed E-state index contributed by atoms with van der Waals surface area (Å²) in [6.07, 6.45) is 2.03. The topological polar surface area (TPSA) is 69.6 Å². The highest BCUT2D eigenvalue weighted by molar-refractivity contribution is 5.78. The van der Waals surface area contributed by atoms with E-state index in [1.165, 1.54) is 0 Å². The third kappa shape index (κ3) is 3.87. The normalized spacial score (nSPS) is 22.3. The lowest BCUT2D eigenvalue weighted by atomic mass is 9.97. The molecule has 1 heterocycles.